The van der Waals surface area contributed by atoms with Gasteiger partial charge in [0.25, 0.3) is 0 Å². The Balaban J connectivity index is 2.21. The Bertz CT molecular complexity index is 471. The van der Waals surface area contributed by atoms with E-state index in [1.54, 1.807) is 6.07 Å². The van der Waals surface area contributed by atoms with Crippen LogP contribution in [0.4, 0.5) is 0 Å². The first kappa shape index (κ1) is 13.0. The number of benzene rings is 1. The molecule has 0 unspecified atom stereocenters. The van der Waals surface area contributed by atoms with Crippen LogP contribution in [-0.2, 0) is 11.2 Å². The summed E-state index contributed by atoms with van der Waals surface area (Å²) in [5, 5.41) is 9.26. The minimum atomic E-state index is -0.790. The maximum atomic E-state index is 10.5. The molecule has 1 N–H and O–H groups in total. The molecule has 0 bridgehead atoms. The molecule has 18 heavy (non-hydrogen) atoms. The third-order valence-electron chi connectivity index (χ3n) is 2.97. The number of hydrogen-bond acceptors (Lipinski definition) is 3. The number of hydrogen-bond donors (Lipinski definition) is 1. The van der Waals surface area contributed by atoms with Gasteiger partial charge in [-0.15, -0.1) is 0 Å². The number of rotatable bonds is 4. The smallest absolute Gasteiger partial charge is 0.303 e. The summed E-state index contributed by atoms with van der Waals surface area (Å²) in [6.07, 6.45) is 1.34. The second-order valence-electron chi connectivity index (χ2n) is 4.23. The number of carboxylic acid groups (broad SMARTS) is 1. The lowest BCUT2D eigenvalue weighted by atomic mass is 10.0. The number of ether oxygens (including phenoxy) is 2. The standard InChI is InChI=1S/C13H15ClO4/c1-8-9(3-2-4-12(15)16)10(14)7-11-13(8)18-6-5-17-11/h7H,2-6H2,1H3,(H,15,16). The van der Waals surface area contributed by atoms with Crippen molar-refractivity contribution in [3.63, 3.8) is 0 Å². The van der Waals surface area contributed by atoms with E-state index in [0.29, 0.717) is 36.8 Å². The summed E-state index contributed by atoms with van der Waals surface area (Å²) in [5.41, 5.74) is 1.89. The van der Waals surface area contributed by atoms with Crippen molar-refractivity contribution in [2.75, 3.05) is 13.2 Å². The Morgan fingerprint density at radius 3 is 2.89 bits per heavy atom. The fourth-order valence-corrected chi connectivity index (χ4v) is 2.41. The average molecular weight is 271 g/mol. The zero-order valence-electron chi connectivity index (χ0n) is 10.2. The van der Waals surface area contributed by atoms with Gasteiger partial charge in [-0.25, -0.2) is 0 Å². The van der Waals surface area contributed by atoms with Gasteiger partial charge >= 0.3 is 5.97 Å². The Hall–Kier alpha value is -1.42. The van der Waals surface area contributed by atoms with Crippen LogP contribution in [0.1, 0.15) is 24.0 Å². The predicted molar refractivity (Wildman–Crippen MR) is 67.8 cm³/mol. The van der Waals surface area contributed by atoms with Gasteiger partial charge in [0, 0.05) is 17.5 Å². The van der Waals surface area contributed by atoms with E-state index in [4.69, 9.17) is 26.2 Å². The van der Waals surface area contributed by atoms with Crippen LogP contribution in [0.15, 0.2) is 6.07 Å². The normalized spacial score (nSPS) is 13.4. The highest BCUT2D eigenvalue weighted by Gasteiger charge is 2.19. The van der Waals surface area contributed by atoms with Crippen molar-refractivity contribution in [2.24, 2.45) is 0 Å². The molecule has 5 heteroatoms. The fraction of sp³-hybridized carbons (Fsp3) is 0.462. The first-order valence-corrected chi connectivity index (χ1v) is 6.26. The summed E-state index contributed by atoms with van der Waals surface area (Å²) in [6, 6.07) is 1.75. The Morgan fingerprint density at radius 1 is 1.44 bits per heavy atom. The predicted octanol–water partition coefficient (Wildman–Crippen LogP) is 2.83. The number of aliphatic carboxylic acids is 1. The molecule has 1 aromatic carbocycles. The van der Waals surface area contributed by atoms with Crippen LogP contribution in [-0.4, -0.2) is 24.3 Å². The first-order valence-electron chi connectivity index (χ1n) is 5.89. The monoisotopic (exact) mass is 270 g/mol. The summed E-state index contributed by atoms with van der Waals surface area (Å²) >= 11 is 6.20. The topological polar surface area (TPSA) is 55.8 Å². The Kier molecular flexibility index (Phi) is 3.97. The van der Waals surface area contributed by atoms with E-state index in [9.17, 15) is 4.79 Å². The molecular formula is C13H15ClO4. The van der Waals surface area contributed by atoms with Crippen LogP contribution in [0, 0.1) is 6.92 Å². The van der Waals surface area contributed by atoms with Crippen molar-refractivity contribution in [2.45, 2.75) is 26.2 Å². The maximum Gasteiger partial charge on any atom is 0.303 e. The lowest BCUT2D eigenvalue weighted by Gasteiger charge is -2.22. The second kappa shape index (κ2) is 5.48. The molecule has 0 saturated carbocycles. The van der Waals surface area contributed by atoms with Gasteiger partial charge in [-0.1, -0.05) is 11.6 Å². The molecule has 0 aromatic heterocycles. The molecule has 1 aliphatic heterocycles. The van der Waals surface area contributed by atoms with Gasteiger partial charge in [-0.05, 0) is 30.9 Å². The van der Waals surface area contributed by atoms with Crippen molar-refractivity contribution in [1.82, 2.24) is 0 Å². The number of carbonyl (C=O) groups is 1. The molecule has 1 heterocycles. The summed E-state index contributed by atoms with van der Waals surface area (Å²) in [6.45, 7) is 2.99. The third kappa shape index (κ3) is 2.70. The zero-order valence-corrected chi connectivity index (χ0v) is 10.9. The van der Waals surface area contributed by atoms with Gasteiger partial charge in [0.05, 0.1) is 0 Å². The van der Waals surface area contributed by atoms with Crippen LogP contribution in [0.3, 0.4) is 0 Å². The van der Waals surface area contributed by atoms with Crippen LogP contribution < -0.4 is 9.47 Å². The maximum absolute atomic E-state index is 10.5. The molecular weight excluding hydrogens is 256 g/mol. The number of halogens is 1. The minimum absolute atomic E-state index is 0.143. The van der Waals surface area contributed by atoms with Crippen molar-refractivity contribution < 1.29 is 19.4 Å². The average Bonchev–Trinajstić information content (AvgIpc) is 2.33. The van der Waals surface area contributed by atoms with Gasteiger partial charge in [-0.2, -0.15) is 0 Å². The van der Waals surface area contributed by atoms with Gasteiger partial charge in [0.1, 0.15) is 13.2 Å². The fourth-order valence-electron chi connectivity index (χ4n) is 2.07. The highest BCUT2D eigenvalue weighted by atomic mass is 35.5. The van der Waals surface area contributed by atoms with E-state index >= 15 is 0 Å². The highest BCUT2D eigenvalue weighted by Crippen LogP contribution is 2.40. The molecule has 0 aliphatic carbocycles. The van der Waals surface area contributed by atoms with Crippen molar-refractivity contribution >= 4 is 17.6 Å². The first-order chi connectivity index (χ1) is 8.59. The van der Waals surface area contributed by atoms with Gasteiger partial charge < -0.3 is 14.6 Å². The van der Waals surface area contributed by atoms with Gasteiger partial charge in [0.15, 0.2) is 11.5 Å². The van der Waals surface area contributed by atoms with Gasteiger partial charge in [-0.3, -0.25) is 4.79 Å². The molecule has 4 nitrogen and oxygen atoms in total. The summed E-state index contributed by atoms with van der Waals surface area (Å²) in [4.78, 5) is 10.5. The summed E-state index contributed by atoms with van der Waals surface area (Å²) in [5.74, 6) is 0.614. The molecule has 2 rings (SSSR count). The van der Waals surface area contributed by atoms with E-state index in [-0.39, 0.29) is 6.42 Å². The zero-order chi connectivity index (χ0) is 13.1. The SMILES string of the molecule is Cc1c(CCCC(=O)O)c(Cl)cc2c1OCCO2. The number of carboxylic acids is 1. The third-order valence-corrected chi connectivity index (χ3v) is 3.31. The van der Waals surface area contributed by atoms with Crippen LogP contribution >= 0.6 is 11.6 Å². The molecule has 0 saturated heterocycles. The molecule has 0 fully saturated rings. The summed E-state index contributed by atoms with van der Waals surface area (Å²) < 4.78 is 11.1. The number of fused-ring (bicyclic) bond motifs is 1. The molecule has 0 radical (unpaired) electrons. The Labute approximate surface area is 110 Å². The van der Waals surface area contributed by atoms with E-state index in [1.165, 1.54) is 0 Å². The quantitative estimate of drug-likeness (QED) is 0.914. The molecule has 98 valence electrons. The lowest BCUT2D eigenvalue weighted by Crippen LogP contribution is -2.17. The van der Waals surface area contributed by atoms with Gasteiger partial charge in [0.2, 0.25) is 0 Å². The van der Waals surface area contributed by atoms with E-state index in [1.807, 2.05) is 6.92 Å². The van der Waals surface area contributed by atoms with Crippen molar-refractivity contribution in [3.8, 4) is 11.5 Å². The van der Waals surface area contributed by atoms with E-state index in [0.717, 1.165) is 16.9 Å². The van der Waals surface area contributed by atoms with Crippen LogP contribution in [0.25, 0.3) is 0 Å². The second-order valence-corrected chi connectivity index (χ2v) is 4.64. The van der Waals surface area contributed by atoms with Crippen molar-refractivity contribution in [1.29, 1.82) is 0 Å². The van der Waals surface area contributed by atoms with E-state index in [2.05, 4.69) is 0 Å². The van der Waals surface area contributed by atoms with Crippen LogP contribution in [0.5, 0.6) is 11.5 Å². The minimum Gasteiger partial charge on any atom is -0.486 e. The Morgan fingerprint density at radius 2 is 2.17 bits per heavy atom. The summed E-state index contributed by atoms with van der Waals surface area (Å²) in [7, 11) is 0. The largest absolute Gasteiger partial charge is 0.486 e. The molecule has 0 amide bonds. The molecule has 0 spiro atoms. The van der Waals surface area contributed by atoms with E-state index < -0.39 is 5.97 Å². The molecule has 1 aliphatic rings. The molecule has 0 atom stereocenters. The van der Waals surface area contributed by atoms with Crippen LogP contribution in [0.2, 0.25) is 5.02 Å². The van der Waals surface area contributed by atoms with Crippen molar-refractivity contribution in [3.05, 3.63) is 22.2 Å². The highest BCUT2D eigenvalue weighted by molar-refractivity contribution is 6.31. The molecule has 1 aromatic rings. The lowest BCUT2D eigenvalue weighted by molar-refractivity contribution is -0.137.